The Bertz CT molecular complexity index is 271. The molecule has 0 unspecified atom stereocenters. The van der Waals surface area contributed by atoms with Gasteiger partial charge in [-0.05, 0) is 31.4 Å². The third-order valence-corrected chi connectivity index (χ3v) is 2.48. The normalized spacial score (nSPS) is 15.1. The predicted octanol–water partition coefficient (Wildman–Crippen LogP) is 2.82. The quantitative estimate of drug-likeness (QED) is 0.570. The van der Waals surface area contributed by atoms with Gasteiger partial charge in [0.1, 0.15) is 0 Å². The Morgan fingerprint density at radius 3 is 2.13 bits per heavy atom. The SMILES string of the molecule is O=NO.c1ccc(N2CCCCC2)cc1. The summed E-state index contributed by atoms with van der Waals surface area (Å²) in [6.07, 6.45) is 4.12. The Morgan fingerprint density at radius 2 is 1.60 bits per heavy atom. The van der Waals surface area contributed by atoms with Crippen LogP contribution in [0.5, 0.6) is 0 Å². The average molecular weight is 208 g/mol. The second-order valence-corrected chi connectivity index (χ2v) is 3.46. The van der Waals surface area contributed by atoms with Gasteiger partial charge in [0.2, 0.25) is 0 Å². The molecular weight excluding hydrogens is 192 g/mol. The highest BCUT2D eigenvalue weighted by Crippen LogP contribution is 2.18. The highest BCUT2D eigenvalue weighted by molar-refractivity contribution is 5.46. The molecule has 0 bridgehead atoms. The molecule has 1 aliphatic rings. The first-order chi connectivity index (χ1) is 7.38. The summed E-state index contributed by atoms with van der Waals surface area (Å²) in [6, 6.07) is 10.7. The summed E-state index contributed by atoms with van der Waals surface area (Å²) in [7, 11) is 0. The van der Waals surface area contributed by atoms with E-state index in [2.05, 4.69) is 35.2 Å². The zero-order chi connectivity index (χ0) is 10.9. The summed E-state index contributed by atoms with van der Waals surface area (Å²) >= 11 is 0. The number of hydrogen-bond donors (Lipinski definition) is 1. The number of piperidine rings is 1. The van der Waals surface area contributed by atoms with E-state index in [0.29, 0.717) is 0 Å². The molecule has 2 rings (SSSR count). The molecule has 1 aromatic carbocycles. The molecule has 1 aromatic rings. The van der Waals surface area contributed by atoms with Crippen LogP contribution in [0.2, 0.25) is 0 Å². The molecule has 82 valence electrons. The number of para-hydroxylation sites is 1. The average Bonchev–Trinajstić information content (AvgIpc) is 2.32. The summed E-state index contributed by atoms with van der Waals surface area (Å²) in [6.45, 7) is 2.48. The van der Waals surface area contributed by atoms with E-state index in [1.54, 1.807) is 0 Å². The molecule has 0 radical (unpaired) electrons. The van der Waals surface area contributed by atoms with Gasteiger partial charge < -0.3 is 10.1 Å². The van der Waals surface area contributed by atoms with E-state index in [4.69, 9.17) is 10.1 Å². The van der Waals surface area contributed by atoms with Crippen molar-refractivity contribution in [3.8, 4) is 0 Å². The van der Waals surface area contributed by atoms with E-state index in [9.17, 15) is 0 Å². The van der Waals surface area contributed by atoms with Crippen LogP contribution in [0, 0.1) is 4.91 Å². The fourth-order valence-electron chi connectivity index (χ4n) is 1.79. The lowest BCUT2D eigenvalue weighted by molar-refractivity contribution is 0.312. The van der Waals surface area contributed by atoms with Crippen LogP contribution in [0.1, 0.15) is 19.3 Å². The predicted molar refractivity (Wildman–Crippen MR) is 60.1 cm³/mol. The van der Waals surface area contributed by atoms with Crippen molar-refractivity contribution in [1.29, 1.82) is 0 Å². The summed E-state index contributed by atoms with van der Waals surface area (Å²) in [4.78, 5) is 10.6. The maximum Gasteiger partial charge on any atom is 0.152 e. The Labute approximate surface area is 89.5 Å². The molecule has 1 aliphatic heterocycles. The van der Waals surface area contributed by atoms with Crippen LogP contribution in [-0.4, -0.2) is 18.3 Å². The standard InChI is InChI=1S/C11H15N.HNO2/c1-3-7-11(8-4-1)12-9-5-2-6-10-12;2-1-3/h1,3-4,7-8H,2,5-6,9-10H2;(H,2,3). The van der Waals surface area contributed by atoms with E-state index >= 15 is 0 Å². The summed E-state index contributed by atoms with van der Waals surface area (Å²) < 4.78 is 0. The molecule has 0 aromatic heterocycles. The Morgan fingerprint density at radius 1 is 1.07 bits per heavy atom. The minimum atomic E-state index is 1.24. The second kappa shape index (κ2) is 6.81. The van der Waals surface area contributed by atoms with Crippen LogP contribution >= 0.6 is 0 Å². The molecular formula is C11H16N2O2. The molecule has 0 amide bonds. The van der Waals surface area contributed by atoms with Crippen LogP contribution in [-0.2, 0) is 0 Å². The van der Waals surface area contributed by atoms with Gasteiger partial charge in [-0.25, -0.2) is 0 Å². The van der Waals surface area contributed by atoms with Gasteiger partial charge in [0.25, 0.3) is 0 Å². The first-order valence-corrected chi connectivity index (χ1v) is 5.15. The van der Waals surface area contributed by atoms with Crippen LogP contribution in [0.4, 0.5) is 5.69 Å². The fraction of sp³-hybridized carbons (Fsp3) is 0.455. The molecule has 1 heterocycles. The van der Waals surface area contributed by atoms with Crippen LogP contribution < -0.4 is 4.90 Å². The molecule has 4 heteroatoms. The Balaban J connectivity index is 0.000000337. The number of nitrogens with zero attached hydrogens (tertiary/aromatic N) is 2. The molecule has 4 nitrogen and oxygen atoms in total. The van der Waals surface area contributed by atoms with Crippen LogP contribution in [0.25, 0.3) is 0 Å². The lowest BCUT2D eigenvalue weighted by Gasteiger charge is -2.28. The van der Waals surface area contributed by atoms with Crippen molar-refractivity contribution in [3.63, 3.8) is 0 Å². The summed E-state index contributed by atoms with van der Waals surface area (Å²) in [5.74, 6) is 0. The minimum absolute atomic E-state index is 1.24. The molecule has 1 saturated heterocycles. The van der Waals surface area contributed by atoms with Crippen molar-refractivity contribution in [1.82, 2.24) is 0 Å². The minimum Gasteiger partial charge on any atom is -0.379 e. The zero-order valence-corrected chi connectivity index (χ0v) is 8.67. The number of rotatable bonds is 1. The topological polar surface area (TPSA) is 52.9 Å². The lowest BCUT2D eigenvalue weighted by atomic mass is 10.1. The van der Waals surface area contributed by atoms with Crippen molar-refractivity contribution < 1.29 is 5.21 Å². The van der Waals surface area contributed by atoms with E-state index in [-0.39, 0.29) is 0 Å². The second-order valence-electron chi connectivity index (χ2n) is 3.46. The molecule has 0 spiro atoms. The third-order valence-electron chi connectivity index (χ3n) is 2.48. The number of benzene rings is 1. The highest BCUT2D eigenvalue weighted by atomic mass is 16.6. The van der Waals surface area contributed by atoms with Crippen molar-refractivity contribution in [2.45, 2.75) is 19.3 Å². The Hall–Kier alpha value is -1.58. The largest absolute Gasteiger partial charge is 0.379 e. The highest BCUT2D eigenvalue weighted by Gasteiger charge is 2.09. The molecule has 15 heavy (non-hydrogen) atoms. The summed E-state index contributed by atoms with van der Waals surface area (Å²) in [5, 5.41) is 7.89. The maximum atomic E-state index is 8.11. The smallest absolute Gasteiger partial charge is 0.152 e. The summed E-state index contributed by atoms with van der Waals surface area (Å²) in [5.41, 5.74) is 1.39. The van der Waals surface area contributed by atoms with E-state index in [1.165, 1.54) is 43.4 Å². The van der Waals surface area contributed by atoms with Gasteiger partial charge in [-0.2, -0.15) is 0 Å². The van der Waals surface area contributed by atoms with Gasteiger partial charge in [0.05, 0.1) is 0 Å². The maximum absolute atomic E-state index is 8.11. The van der Waals surface area contributed by atoms with Gasteiger partial charge in [0.15, 0.2) is 5.34 Å². The van der Waals surface area contributed by atoms with Gasteiger partial charge in [-0.15, -0.1) is 4.91 Å². The lowest BCUT2D eigenvalue weighted by Crippen LogP contribution is -2.29. The molecule has 0 saturated carbocycles. The van der Waals surface area contributed by atoms with Gasteiger partial charge in [-0.1, -0.05) is 18.2 Å². The number of hydrogen-bond acceptors (Lipinski definition) is 3. The molecule has 1 N–H and O–H groups in total. The zero-order valence-electron chi connectivity index (χ0n) is 8.67. The van der Waals surface area contributed by atoms with Crippen LogP contribution in [0.3, 0.4) is 0 Å². The molecule has 1 fully saturated rings. The van der Waals surface area contributed by atoms with Gasteiger partial charge in [-0.3, -0.25) is 0 Å². The van der Waals surface area contributed by atoms with Crippen molar-refractivity contribution in [3.05, 3.63) is 35.2 Å². The van der Waals surface area contributed by atoms with Crippen molar-refractivity contribution in [2.24, 2.45) is 5.34 Å². The first-order valence-electron chi connectivity index (χ1n) is 5.15. The van der Waals surface area contributed by atoms with E-state index < -0.39 is 0 Å². The van der Waals surface area contributed by atoms with Gasteiger partial charge >= 0.3 is 0 Å². The van der Waals surface area contributed by atoms with E-state index in [1.807, 2.05) is 0 Å². The molecule has 0 atom stereocenters. The third kappa shape index (κ3) is 3.97. The molecule has 0 aliphatic carbocycles. The van der Waals surface area contributed by atoms with E-state index in [0.717, 1.165) is 0 Å². The monoisotopic (exact) mass is 208 g/mol. The number of anilines is 1. The van der Waals surface area contributed by atoms with Crippen molar-refractivity contribution in [2.75, 3.05) is 18.0 Å². The van der Waals surface area contributed by atoms with Gasteiger partial charge in [0, 0.05) is 18.8 Å². The Kier molecular flexibility index (Phi) is 5.22. The fourth-order valence-corrected chi connectivity index (χ4v) is 1.79. The first kappa shape index (κ1) is 11.5. The van der Waals surface area contributed by atoms with Crippen LogP contribution in [0.15, 0.2) is 35.7 Å². The van der Waals surface area contributed by atoms with Crippen molar-refractivity contribution >= 4 is 5.69 Å².